The molecule has 1 N–H and O–H groups in total. The number of Topliss-reactive ketones (excluding diaryl/α,β-unsaturated/α-hetero) is 1. The van der Waals surface area contributed by atoms with Gasteiger partial charge in [-0.3, -0.25) is 14.4 Å². The summed E-state index contributed by atoms with van der Waals surface area (Å²) in [6.45, 7) is 0.530. The van der Waals surface area contributed by atoms with Crippen LogP contribution in [0.2, 0.25) is 0 Å². The highest BCUT2D eigenvalue weighted by molar-refractivity contribution is 7.99. The van der Waals surface area contributed by atoms with Crippen LogP contribution in [0, 0.1) is 0 Å². The summed E-state index contributed by atoms with van der Waals surface area (Å²) in [4.78, 5) is 36.3. The molecule has 0 radical (unpaired) electrons. The van der Waals surface area contributed by atoms with Gasteiger partial charge in [-0.1, -0.05) is 0 Å². The van der Waals surface area contributed by atoms with Crippen molar-refractivity contribution in [1.29, 1.82) is 0 Å². The topological polar surface area (TPSA) is 83.9 Å². The van der Waals surface area contributed by atoms with Crippen molar-refractivity contribution in [3.05, 3.63) is 11.1 Å². The first kappa shape index (κ1) is 18.8. The first-order chi connectivity index (χ1) is 11.2. The number of ether oxygens (including phenoxy) is 1. The van der Waals surface area contributed by atoms with Crippen LogP contribution in [0.4, 0.5) is 13.2 Å². The summed E-state index contributed by atoms with van der Waals surface area (Å²) in [5.74, 6) is -4.48. The Balaban J connectivity index is 2.38. The molecule has 2 aliphatic heterocycles. The lowest BCUT2D eigenvalue weighted by atomic mass is 10.0. The second-order valence-electron chi connectivity index (χ2n) is 5.47. The quantitative estimate of drug-likeness (QED) is 0.768. The molecule has 2 aliphatic rings. The molecule has 0 aromatic rings. The summed E-state index contributed by atoms with van der Waals surface area (Å²) in [6.07, 6.45) is -3.52. The monoisotopic (exact) mass is 367 g/mol. The van der Waals surface area contributed by atoms with Crippen LogP contribution in [0.15, 0.2) is 11.1 Å². The number of halogens is 3. The normalized spacial score (nSPS) is 24.8. The molecule has 1 saturated heterocycles. The van der Waals surface area contributed by atoms with Crippen molar-refractivity contribution in [1.82, 2.24) is 4.90 Å². The predicted molar refractivity (Wildman–Crippen MR) is 78.3 cm³/mol. The fourth-order valence-corrected chi connectivity index (χ4v) is 3.78. The molecule has 0 aliphatic carbocycles. The van der Waals surface area contributed by atoms with Crippen LogP contribution in [0.1, 0.15) is 19.3 Å². The third kappa shape index (κ3) is 3.75. The maximum Gasteiger partial charge on any atom is 0.454 e. The van der Waals surface area contributed by atoms with Crippen molar-refractivity contribution < 1.29 is 37.4 Å². The highest BCUT2D eigenvalue weighted by Crippen LogP contribution is 2.38. The maximum absolute atomic E-state index is 12.9. The van der Waals surface area contributed by atoms with Crippen molar-refractivity contribution in [2.75, 3.05) is 19.4 Å². The zero-order chi connectivity index (χ0) is 18.1. The van der Waals surface area contributed by atoms with E-state index >= 15 is 0 Å². The SMILES string of the molecule is CS[C@H]1C(C(=O)C(F)(F)F)=C(CC(=O)O)C(=O)N1C[C@@H]1CCCO1. The highest BCUT2D eigenvalue weighted by Gasteiger charge is 2.51. The zero-order valence-corrected chi connectivity index (χ0v) is 13.6. The Labute approximate surface area is 140 Å². The van der Waals surface area contributed by atoms with Crippen LogP contribution in [0.5, 0.6) is 0 Å². The fourth-order valence-electron chi connectivity index (χ4n) is 2.86. The fraction of sp³-hybridized carbons (Fsp3) is 0.643. The number of alkyl halides is 3. The van der Waals surface area contributed by atoms with Gasteiger partial charge in [0.05, 0.1) is 12.5 Å². The minimum absolute atomic E-state index is 0.0299. The summed E-state index contributed by atoms with van der Waals surface area (Å²) < 4.78 is 44.0. The Morgan fingerprint density at radius 1 is 1.42 bits per heavy atom. The molecule has 1 amide bonds. The van der Waals surface area contributed by atoms with Gasteiger partial charge in [-0.05, 0) is 19.1 Å². The third-order valence-electron chi connectivity index (χ3n) is 3.85. The number of hydrogen-bond donors (Lipinski definition) is 1. The predicted octanol–water partition coefficient (Wildman–Crippen LogP) is 1.60. The number of ketones is 1. The van der Waals surface area contributed by atoms with Gasteiger partial charge in [-0.25, -0.2) is 0 Å². The van der Waals surface area contributed by atoms with Crippen molar-refractivity contribution >= 4 is 29.4 Å². The number of carboxylic acid groups (broad SMARTS) is 1. The molecule has 1 fully saturated rings. The van der Waals surface area contributed by atoms with Gasteiger partial charge in [0.25, 0.3) is 11.7 Å². The molecule has 134 valence electrons. The summed E-state index contributed by atoms with van der Waals surface area (Å²) in [7, 11) is 0. The summed E-state index contributed by atoms with van der Waals surface area (Å²) >= 11 is 0.889. The number of carbonyl (C=O) groups excluding carboxylic acids is 2. The molecule has 10 heteroatoms. The zero-order valence-electron chi connectivity index (χ0n) is 12.8. The number of nitrogens with zero attached hydrogens (tertiary/aromatic N) is 1. The lowest BCUT2D eigenvalue weighted by Gasteiger charge is -2.27. The summed E-state index contributed by atoms with van der Waals surface area (Å²) in [5, 5.41) is 7.73. The maximum atomic E-state index is 12.9. The van der Waals surface area contributed by atoms with Gasteiger partial charge < -0.3 is 14.7 Å². The second-order valence-corrected chi connectivity index (χ2v) is 6.39. The van der Waals surface area contributed by atoms with E-state index in [-0.39, 0.29) is 12.6 Å². The molecule has 6 nitrogen and oxygen atoms in total. The number of amides is 1. The standard InChI is InChI=1S/C14H16F3NO5S/c1-24-13-10(11(21)14(15,16)17)8(5-9(19)20)12(22)18(13)6-7-3-2-4-23-7/h7,13H,2-6H2,1H3,(H,19,20)/t7-,13-/m0/s1. The Kier molecular flexibility index (Phi) is 5.59. The van der Waals surface area contributed by atoms with Gasteiger partial charge in [-0.2, -0.15) is 13.2 Å². The van der Waals surface area contributed by atoms with E-state index < -0.39 is 46.8 Å². The Morgan fingerprint density at radius 2 is 2.08 bits per heavy atom. The smallest absolute Gasteiger partial charge is 0.454 e. The third-order valence-corrected chi connectivity index (χ3v) is 4.79. The molecule has 2 heterocycles. The van der Waals surface area contributed by atoms with E-state index in [1.165, 1.54) is 6.26 Å². The Morgan fingerprint density at radius 3 is 2.54 bits per heavy atom. The molecule has 0 saturated carbocycles. The van der Waals surface area contributed by atoms with Crippen molar-refractivity contribution in [3.8, 4) is 0 Å². The van der Waals surface area contributed by atoms with Crippen molar-refractivity contribution in [2.24, 2.45) is 0 Å². The van der Waals surface area contributed by atoms with Crippen LogP contribution in [0.3, 0.4) is 0 Å². The molecule has 0 aromatic carbocycles. The van der Waals surface area contributed by atoms with Crippen LogP contribution >= 0.6 is 11.8 Å². The number of carbonyl (C=O) groups is 3. The molecular formula is C14H16F3NO5S. The Hall–Kier alpha value is -1.55. The van der Waals surface area contributed by atoms with Gasteiger partial charge in [-0.15, -0.1) is 11.8 Å². The van der Waals surface area contributed by atoms with E-state index in [1.54, 1.807) is 0 Å². The van der Waals surface area contributed by atoms with Crippen molar-refractivity contribution in [2.45, 2.75) is 36.9 Å². The first-order valence-electron chi connectivity index (χ1n) is 7.18. The van der Waals surface area contributed by atoms with E-state index in [9.17, 15) is 27.6 Å². The minimum Gasteiger partial charge on any atom is -0.481 e. The lowest BCUT2D eigenvalue weighted by Crippen LogP contribution is -2.41. The van der Waals surface area contributed by atoms with E-state index in [4.69, 9.17) is 9.84 Å². The molecule has 0 spiro atoms. The number of rotatable bonds is 6. The van der Waals surface area contributed by atoms with Crippen molar-refractivity contribution in [3.63, 3.8) is 0 Å². The number of aliphatic carboxylic acids is 1. The summed E-state index contributed by atoms with van der Waals surface area (Å²) in [5.41, 5.74) is -1.37. The average Bonchev–Trinajstić information content (AvgIpc) is 3.07. The van der Waals surface area contributed by atoms with Gasteiger partial charge >= 0.3 is 12.1 Å². The average molecular weight is 367 g/mol. The minimum atomic E-state index is -5.17. The molecule has 2 atom stereocenters. The lowest BCUT2D eigenvalue weighted by molar-refractivity contribution is -0.166. The van der Waals surface area contributed by atoms with Gasteiger partial charge in [0.2, 0.25) is 0 Å². The van der Waals surface area contributed by atoms with E-state index in [0.717, 1.165) is 23.1 Å². The van der Waals surface area contributed by atoms with Gasteiger partial charge in [0.1, 0.15) is 5.37 Å². The molecule has 0 bridgehead atoms. The molecule has 24 heavy (non-hydrogen) atoms. The first-order valence-corrected chi connectivity index (χ1v) is 8.47. The van der Waals surface area contributed by atoms with Crippen LogP contribution in [-0.4, -0.2) is 64.7 Å². The molecule has 0 aromatic heterocycles. The number of thioether (sulfide) groups is 1. The number of hydrogen-bond acceptors (Lipinski definition) is 5. The second kappa shape index (κ2) is 7.14. The highest BCUT2D eigenvalue weighted by atomic mass is 32.2. The Bertz CT molecular complexity index is 583. The van der Waals surface area contributed by atoms with E-state index in [2.05, 4.69) is 0 Å². The largest absolute Gasteiger partial charge is 0.481 e. The molecule has 2 rings (SSSR count). The van der Waals surface area contributed by atoms with Crippen LogP contribution in [0.25, 0.3) is 0 Å². The van der Waals surface area contributed by atoms with Crippen LogP contribution in [-0.2, 0) is 19.1 Å². The summed E-state index contributed by atoms with van der Waals surface area (Å²) in [6, 6.07) is 0. The molecule has 0 unspecified atom stereocenters. The van der Waals surface area contributed by atoms with Gasteiger partial charge in [0, 0.05) is 24.3 Å². The van der Waals surface area contributed by atoms with Gasteiger partial charge in [0.15, 0.2) is 0 Å². The number of carboxylic acids is 1. The van der Waals surface area contributed by atoms with Crippen LogP contribution < -0.4 is 0 Å². The van der Waals surface area contributed by atoms with E-state index in [1.807, 2.05) is 0 Å². The van der Waals surface area contributed by atoms with E-state index in [0.29, 0.717) is 13.0 Å². The molecular weight excluding hydrogens is 351 g/mol.